The van der Waals surface area contributed by atoms with Crippen LogP contribution in [0, 0.1) is 20.2 Å². The van der Waals surface area contributed by atoms with Gasteiger partial charge in [0, 0.05) is 11.6 Å². The number of aromatic nitrogens is 1. The van der Waals surface area contributed by atoms with E-state index in [0.717, 1.165) is 29.5 Å². The van der Waals surface area contributed by atoms with Crippen LogP contribution in [0.5, 0.6) is 0 Å². The van der Waals surface area contributed by atoms with Crippen molar-refractivity contribution in [3.8, 4) is 0 Å². The predicted molar refractivity (Wildman–Crippen MR) is 92.9 cm³/mol. The standard InChI is InChI=1S/C13H9BrN4O7S/c14-10-5-15-13(26-10)16-11(19)6-25-12(20)3-7-1-2-8(17(21)22)4-9(7)18(23)24/h1-2,4-5H,3,6H2,(H,15,16,19). The number of nitro benzene ring substituents is 2. The van der Waals surface area contributed by atoms with Crippen LogP contribution in [0.15, 0.2) is 28.2 Å². The van der Waals surface area contributed by atoms with Crippen molar-refractivity contribution in [2.45, 2.75) is 6.42 Å². The van der Waals surface area contributed by atoms with Crippen molar-refractivity contribution in [3.05, 3.63) is 54.0 Å². The molecule has 0 saturated heterocycles. The number of halogens is 1. The minimum absolute atomic E-state index is 0.0603. The lowest BCUT2D eigenvalue weighted by Gasteiger charge is -2.05. The van der Waals surface area contributed by atoms with Crippen LogP contribution in [-0.4, -0.2) is 33.3 Å². The number of non-ortho nitro benzene ring substituents is 1. The maximum absolute atomic E-state index is 11.8. The molecule has 1 aromatic heterocycles. The zero-order valence-electron chi connectivity index (χ0n) is 12.7. The second kappa shape index (κ2) is 8.44. The quantitative estimate of drug-likeness (QED) is 0.387. The first-order chi connectivity index (χ1) is 12.3. The third-order valence-electron chi connectivity index (χ3n) is 2.90. The normalized spacial score (nSPS) is 10.2. The Morgan fingerprint density at radius 1 is 1.27 bits per heavy atom. The van der Waals surface area contributed by atoms with Gasteiger partial charge in [-0.25, -0.2) is 4.98 Å². The zero-order chi connectivity index (χ0) is 19.3. The molecule has 0 radical (unpaired) electrons. The summed E-state index contributed by atoms with van der Waals surface area (Å²) in [6.45, 7) is -0.600. The molecule has 0 aliphatic carbocycles. The number of thiazole rings is 1. The molecule has 0 aliphatic rings. The van der Waals surface area contributed by atoms with Gasteiger partial charge in [-0.2, -0.15) is 0 Å². The Morgan fingerprint density at radius 3 is 2.58 bits per heavy atom. The largest absolute Gasteiger partial charge is 0.455 e. The molecule has 1 amide bonds. The van der Waals surface area contributed by atoms with Crippen molar-refractivity contribution in [2.75, 3.05) is 11.9 Å². The number of esters is 1. The van der Waals surface area contributed by atoms with E-state index in [4.69, 9.17) is 4.74 Å². The van der Waals surface area contributed by atoms with E-state index in [1.165, 1.54) is 6.20 Å². The summed E-state index contributed by atoms with van der Waals surface area (Å²) in [5, 5.41) is 24.4. The fourth-order valence-electron chi connectivity index (χ4n) is 1.81. The molecular formula is C13H9BrN4O7S. The molecule has 0 unspecified atom stereocenters. The van der Waals surface area contributed by atoms with Crippen LogP contribution < -0.4 is 5.32 Å². The molecule has 1 aromatic carbocycles. The van der Waals surface area contributed by atoms with Crippen LogP contribution in [0.4, 0.5) is 16.5 Å². The average Bonchev–Trinajstić information content (AvgIpc) is 2.97. The number of rotatable bonds is 7. The van der Waals surface area contributed by atoms with E-state index in [-0.39, 0.29) is 5.56 Å². The lowest BCUT2D eigenvalue weighted by molar-refractivity contribution is -0.394. The Kier molecular flexibility index (Phi) is 6.30. The summed E-state index contributed by atoms with van der Waals surface area (Å²) in [5.74, 6) is -1.52. The average molecular weight is 445 g/mol. The number of anilines is 1. The van der Waals surface area contributed by atoms with Crippen molar-refractivity contribution < 1.29 is 24.2 Å². The van der Waals surface area contributed by atoms with Gasteiger partial charge in [-0.05, 0) is 22.0 Å². The Labute approximate surface area is 157 Å². The summed E-state index contributed by atoms with van der Waals surface area (Å²) in [6, 6.07) is 2.91. The van der Waals surface area contributed by atoms with Gasteiger partial charge in [0.15, 0.2) is 11.7 Å². The van der Waals surface area contributed by atoms with E-state index < -0.39 is 46.1 Å². The second-order valence-electron chi connectivity index (χ2n) is 4.68. The molecule has 0 saturated carbocycles. The summed E-state index contributed by atoms with van der Waals surface area (Å²) in [4.78, 5) is 47.4. The maximum Gasteiger partial charge on any atom is 0.311 e. The second-order valence-corrected chi connectivity index (χ2v) is 7.09. The Bertz CT molecular complexity index is 885. The maximum atomic E-state index is 11.8. The van der Waals surface area contributed by atoms with Crippen LogP contribution in [0.25, 0.3) is 0 Å². The molecule has 1 heterocycles. The molecule has 0 bridgehead atoms. The first kappa shape index (κ1) is 19.4. The summed E-state index contributed by atoms with van der Waals surface area (Å²) in [6.07, 6.45) is 0.977. The molecule has 0 fully saturated rings. The third kappa shape index (κ3) is 5.29. The van der Waals surface area contributed by atoms with Gasteiger partial charge >= 0.3 is 5.97 Å². The Balaban J connectivity index is 1.95. The molecule has 0 atom stereocenters. The van der Waals surface area contributed by atoms with Crippen molar-refractivity contribution in [1.82, 2.24) is 4.98 Å². The fraction of sp³-hybridized carbons (Fsp3) is 0.154. The van der Waals surface area contributed by atoms with Gasteiger partial charge in [-0.1, -0.05) is 11.3 Å². The van der Waals surface area contributed by atoms with E-state index in [9.17, 15) is 29.8 Å². The highest BCUT2D eigenvalue weighted by atomic mass is 79.9. The molecule has 1 N–H and O–H groups in total. The molecule has 0 spiro atoms. The van der Waals surface area contributed by atoms with Crippen LogP contribution in [0.2, 0.25) is 0 Å². The van der Waals surface area contributed by atoms with Gasteiger partial charge in [0.25, 0.3) is 17.3 Å². The van der Waals surface area contributed by atoms with Gasteiger partial charge in [0.1, 0.15) is 0 Å². The summed E-state index contributed by atoms with van der Waals surface area (Å²) >= 11 is 4.34. The third-order valence-corrected chi connectivity index (χ3v) is 4.29. The number of ether oxygens (including phenoxy) is 1. The van der Waals surface area contributed by atoms with Crippen LogP contribution in [-0.2, 0) is 20.7 Å². The van der Waals surface area contributed by atoms with Crippen molar-refractivity contribution in [1.29, 1.82) is 0 Å². The van der Waals surface area contributed by atoms with Crippen molar-refractivity contribution in [2.24, 2.45) is 0 Å². The highest BCUT2D eigenvalue weighted by Gasteiger charge is 2.22. The summed E-state index contributed by atoms with van der Waals surface area (Å²) in [5.41, 5.74) is -1.11. The minimum Gasteiger partial charge on any atom is -0.455 e. The number of benzene rings is 1. The van der Waals surface area contributed by atoms with Gasteiger partial charge in [0.05, 0.1) is 32.3 Å². The monoisotopic (exact) mass is 444 g/mol. The minimum atomic E-state index is -0.891. The van der Waals surface area contributed by atoms with E-state index >= 15 is 0 Å². The van der Waals surface area contributed by atoms with Crippen LogP contribution >= 0.6 is 27.3 Å². The van der Waals surface area contributed by atoms with Gasteiger partial charge < -0.3 is 4.74 Å². The van der Waals surface area contributed by atoms with E-state index in [2.05, 4.69) is 26.2 Å². The highest BCUT2D eigenvalue weighted by molar-refractivity contribution is 9.11. The molecule has 2 rings (SSSR count). The molecule has 13 heteroatoms. The van der Waals surface area contributed by atoms with E-state index in [0.29, 0.717) is 8.92 Å². The van der Waals surface area contributed by atoms with E-state index in [1.54, 1.807) is 0 Å². The fourth-order valence-corrected chi connectivity index (χ4v) is 2.93. The van der Waals surface area contributed by atoms with Gasteiger partial charge in [-0.3, -0.25) is 35.1 Å². The van der Waals surface area contributed by atoms with E-state index in [1.807, 2.05) is 0 Å². The smallest absolute Gasteiger partial charge is 0.311 e. The number of nitrogens with zero attached hydrogens (tertiary/aromatic N) is 3. The number of amides is 1. The Hall–Kier alpha value is -2.93. The molecule has 2 aromatic rings. The summed E-state index contributed by atoms with van der Waals surface area (Å²) in [7, 11) is 0. The number of hydrogen-bond acceptors (Lipinski definition) is 9. The lowest BCUT2D eigenvalue weighted by atomic mass is 10.1. The van der Waals surface area contributed by atoms with Gasteiger partial charge in [-0.15, -0.1) is 0 Å². The number of carbonyl (C=O) groups excluding carboxylic acids is 2. The molecule has 0 aliphatic heterocycles. The number of hydrogen-bond donors (Lipinski definition) is 1. The predicted octanol–water partition coefficient (Wildman–Crippen LogP) is 2.45. The molecule has 26 heavy (non-hydrogen) atoms. The topological polar surface area (TPSA) is 155 Å². The van der Waals surface area contributed by atoms with Crippen LogP contribution in [0.3, 0.4) is 0 Å². The Morgan fingerprint density at radius 2 is 2.00 bits per heavy atom. The number of nitrogens with one attached hydrogen (secondary N) is 1. The summed E-state index contributed by atoms with van der Waals surface area (Å²) < 4.78 is 5.46. The lowest BCUT2D eigenvalue weighted by Crippen LogP contribution is -2.21. The van der Waals surface area contributed by atoms with Crippen molar-refractivity contribution in [3.63, 3.8) is 0 Å². The van der Waals surface area contributed by atoms with Crippen LogP contribution in [0.1, 0.15) is 5.56 Å². The number of nitro groups is 2. The first-order valence-electron chi connectivity index (χ1n) is 6.74. The molecular weight excluding hydrogens is 436 g/mol. The number of carbonyl (C=O) groups is 2. The zero-order valence-corrected chi connectivity index (χ0v) is 15.1. The SMILES string of the molecule is O=C(COC(=O)Cc1ccc([N+](=O)[O-])cc1[N+](=O)[O-])Nc1ncc(Br)s1. The van der Waals surface area contributed by atoms with Gasteiger partial charge in [0.2, 0.25) is 0 Å². The molecule has 136 valence electrons. The first-order valence-corrected chi connectivity index (χ1v) is 8.35. The van der Waals surface area contributed by atoms with Crippen molar-refractivity contribution >= 4 is 55.6 Å². The molecule has 11 nitrogen and oxygen atoms in total. The highest BCUT2D eigenvalue weighted by Crippen LogP contribution is 2.25.